The van der Waals surface area contributed by atoms with Gasteiger partial charge >= 0.3 is 24.5 Å². The molecule has 5 heterocycles. The Balaban J connectivity index is 1.17. The summed E-state index contributed by atoms with van der Waals surface area (Å²) in [6.45, 7) is 4.23. The van der Waals surface area contributed by atoms with E-state index in [1.54, 1.807) is 4.90 Å². The molecular formula is C33H41F6N7O4S. The van der Waals surface area contributed by atoms with E-state index in [9.17, 15) is 40.7 Å². The molecule has 18 heteroatoms. The van der Waals surface area contributed by atoms with Gasteiger partial charge in [-0.15, -0.1) is 11.3 Å². The molecule has 0 aliphatic carbocycles. The monoisotopic (exact) mass is 745 g/mol. The van der Waals surface area contributed by atoms with E-state index in [1.807, 2.05) is 11.4 Å². The van der Waals surface area contributed by atoms with Crippen molar-refractivity contribution in [3.05, 3.63) is 45.8 Å². The van der Waals surface area contributed by atoms with E-state index in [0.29, 0.717) is 50.7 Å². The number of anilines is 2. The Morgan fingerprint density at radius 1 is 0.902 bits per heavy atom. The lowest BCUT2D eigenvalue weighted by Gasteiger charge is -2.43. The largest absolute Gasteiger partial charge is 0.436 e. The van der Waals surface area contributed by atoms with Crippen LogP contribution in [0, 0.1) is 0 Å². The van der Waals surface area contributed by atoms with Crippen LogP contribution in [-0.4, -0.2) is 120 Å². The molecule has 1 aromatic carbocycles. The number of likely N-dealkylation sites (tertiary alicyclic amines) is 2. The molecule has 3 N–H and O–H groups in total. The van der Waals surface area contributed by atoms with Gasteiger partial charge in [0.1, 0.15) is 5.00 Å². The number of nitrogens with zero attached hydrogens (tertiary/aromatic N) is 5. The Labute approximate surface area is 295 Å². The van der Waals surface area contributed by atoms with Gasteiger partial charge in [0.15, 0.2) is 6.10 Å². The maximum atomic E-state index is 13.9. The standard InChI is InChI=1S/C33H41F6N7O4S/c1-42-7-2-22(3-8-42)43-11-13-44(14-12-43)29(47)26(18-20-16-24(32(34,35)36)27(40)25(17-20)33(37,38)39)50-31(49)45-9-4-23(5-10-45)46-19-21-6-15-51-28(21)41-30(46)48/h6,15-17,22-23,26H,2-5,7-14,18-19,40H2,1H3,(H,41,48)/t26-/m1/s1. The molecule has 2 aromatic rings. The van der Waals surface area contributed by atoms with Crippen LogP contribution >= 0.6 is 11.3 Å². The van der Waals surface area contributed by atoms with Crippen LogP contribution in [0.25, 0.3) is 0 Å². The van der Waals surface area contributed by atoms with E-state index in [2.05, 4.69) is 22.2 Å². The number of amides is 4. The van der Waals surface area contributed by atoms with Crippen LogP contribution in [0.15, 0.2) is 23.6 Å². The van der Waals surface area contributed by atoms with E-state index in [1.165, 1.54) is 21.1 Å². The predicted molar refractivity (Wildman–Crippen MR) is 177 cm³/mol. The van der Waals surface area contributed by atoms with Gasteiger partial charge in [0.05, 0.1) is 23.4 Å². The number of thiophene rings is 1. The summed E-state index contributed by atoms with van der Waals surface area (Å²) in [5.74, 6) is -0.697. The van der Waals surface area contributed by atoms with Crippen LogP contribution < -0.4 is 11.1 Å². The minimum Gasteiger partial charge on any atom is -0.436 e. The molecule has 0 saturated carbocycles. The number of benzene rings is 1. The summed E-state index contributed by atoms with van der Waals surface area (Å²) in [5.41, 5.74) is 0.991. The highest BCUT2D eigenvalue weighted by molar-refractivity contribution is 7.14. The van der Waals surface area contributed by atoms with Gasteiger partial charge in [0.25, 0.3) is 5.91 Å². The molecule has 0 bridgehead atoms. The third-order valence-electron chi connectivity index (χ3n) is 10.4. The van der Waals surface area contributed by atoms with Crippen molar-refractivity contribution in [3.8, 4) is 0 Å². The fourth-order valence-electron chi connectivity index (χ4n) is 7.41. The van der Waals surface area contributed by atoms with Gasteiger partial charge in [-0.25, -0.2) is 9.59 Å². The minimum atomic E-state index is -5.21. The van der Waals surface area contributed by atoms with Gasteiger partial charge < -0.3 is 30.1 Å². The summed E-state index contributed by atoms with van der Waals surface area (Å²) >= 11 is 1.43. The second-order valence-corrected chi connectivity index (χ2v) is 14.5. The lowest BCUT2D eigenvalue weighted by Crippen LogP contribution is -2.56. The van der Waals surface area contributed by atoms with Crippen molar-refractivity contribution in [2.75, 3.05) is 70.5 Å². The molecule has 11 nitrogen and oxygen atoms in total. The number of hydrogen-bond acceptors (Lipinski definition) is 8. The topological polar surface area (TPSA) is 115 Å². The van der Waals surface area contributed by atoms with Crippen LogP contribution in [-0.2, 0) is 34.8 Å². The number of piperidine rings is 2. The molecule has 3 fully saturated rings. The van der Waals surface area contributed by atoms with Gasteiger partial charge in [0.2, 0.25) is 0 Å². The maximum Gasteiger partial charge on any atom is 0.418 e. The average molecular weight is 746 g/mol. The first-order chi connectivity index (χ1) is 24.1. The van der Waals surface area contributed by atoms with Crippen molar-refractivity contribution >= 4 is 40.1 Å². The molecule has 1 atom stereocenters. The number of halogens is 6. The Morgan fingerprint density at radius 2 is 1.49 bits per heavy atom. The number of ether oxygens (including phenoxy) is 1. The minimum absolute atomic E-state index is 0.165. The van der Waals surface area contributed by atoms with Crippen molar-refractivity contribution in [1.29, 1.82) is 0 Å². The highest BCUT2D eigenvalue weighted by Crippen LogP contribution is 2.42. The van der Waals surface area contributed by atoms with E-state index in [0.717, 1.165) is 36.5 Å². The number of carbonyl (C=O) groups is 3. The first-order valence-corrected chi connectivity index (χ1v) is 17.8. The summed E-state index contributed by atoms with van der Waals surface area (Å²) < 4.78 is 88.7. The zero-order valence-corrected chi connectivity index (χ0v) is 28.9. The number of fused-ring (bicyclic) bond motifs is 1. The Bertz CT molecular complexity index is 1560. The highest BCUT2D eigenvalue weighted by atomic mass is 32.1. The lowest BCUT2D eigenvalue weighted by molar-refractivity contribution is -0.143. The van der Waals surface area contributed by atoms with Crippen LogP contribution in [0.3, 0.4) is 0 Å². The summed E-state index contributed by atoms with van der Waals surface area (Å²) in [6, 6.07) is 2.80. The van der Waals surface area contributed by atoms with E-state index in [4.69, 9.17) is 10.5 Å². The molecule has 0 unspecified atom stereocenters. The normalized spacial score (nSPS) is 21.0. The third-order valence-corrected chi connectivity index (χ3v) is 11.2. The number of rotatable bonds is 6. The number of nitrogen functional groups attached to an aromatic ring is 1. The molecule has 0 spiro atoms. The Hall–Kier alpha value is -3.77. The van der Waals surface area contributed by atoms with Gasteiger partial charge in [-0.3, -0.25) is 15.0 Å². The molecule has 280 valence electrons. The van der Waals surface area contributed by atoms with Gasteiger partial charge in [-0.2, -0.15) is 26.3 Å². The van der Waals surface area contributed by atoms with Gasteiger partial charge in [0, 0.05) is 63.3 Å². The smallest absolute Gasteiger partial charge is 0.418 e. The van der Waals surface area contributed by atoms with Crippen LogP contribution in [0.2, 0.25) is 0 Å². The van der Waals surface area contributed by atoms with Crippen molar-refractivity contribution in [2.45, 2.75) is 69.2 Å². The molecule has 1 aromatic heterocycles. The molecule has 4 aliphatic heterocycles. The third kappa shape index (κ3) is 8.32. The molecule has 0 radical (unpaired) electrons. The summed E-state index contributed by atoms with van der Waals surface area (Å²) in [6.07, 6.45) is -11.0. The molecule has 4 aliphatic rings. The second-order valence-electron chi connectivity index (χ2n) is 13.6. The molecule has 6 rings (SSSR count). The number of urea groups is 1. The highest BCUT2D eigenvalue weighted by Gasteiger charge is 2.42. The van der Waals surface area contributed by atoms with Crippen LogP contribution in [0.5, 0.6) is 0 Å². The number of alkyl halides is 6. The molecule has 4 amide bonds. The number of hydrogen-bond donors (Lipinski definition) is 2. The maximum absolute atomic E-state index is 13.9. The zero-order valence-electron chi connectivity index (χ0n) is 28.1. The van der Waals surface area contributed by atoms with Crippen LogP contribution in [0.1, 0.15) is 47.9 Å². The summed E-state index contributed by atoms with van der Waals surface area (Å²) in [4.78, 5) is 49.2. The average Bonchev–Trinajstić information content (AvgIpc) is 3.54. The Kier molecular flexibility index (Phi) is 10.7. The fraction of sp³-hybridized carbons (Fsp3) is 0.606. The van der Waals surface area contributed by atoms with Crippen molar-refractivity contribution in [3.63, 3.8) is 0 Å². The molecule has 3 saturated heterocycles. The summed E-state index contributed by atoms with van der Waals surface area (Å²) in [7, 11) is 2.06. The van der Waals surface area contributed by atoms with Crippen molar-refractivity contribution in [2.24, 2.45) is 0 Å². The number of piperazine rings is 1. The predicted octanol–water partition coefficient (Wildman–Crippen LogP) is 5.17. The number of nitrogens with two attached hydrogens (primary N) is 1. The quantitative estimate of drug-likeness (QED) is 0.310. The van der Waals surface area contributed by atoms with Crippen molar-refractivity contribution < 1.29 is 45.5 Å². The second kappa shape index (κ2) is 14.7. The number of carbonyl (C=O) groups excluding carboxylic acids is 3. The van der Waals surface area contributed by atoms with E-state index >= 15 is 0 Å². The van der Waals surface area contributed by atoms with E-state index in [-0.39, 0.29) is 38.3 Å². The molecular weight excluding hydrogens is 704 g/mol. The van der Waals surface area contributed by atoms with Gasteiger partial charge in [-0.1, -0.05) is 0 Å². The lowest BCUT2D eigenvalue weighted by atomic mass is 9.97. The van der Waals surface area contributed by atoms with Crippen molar-refractivity contribution in [1.82, 2.24) is 24.5 Å². The SMILES string of the molecule is CN1CCC(N2CCN(C(=O)[C@@H](Cc3cc(C(F)(F)F)c(N)c(C(F)(F)F)c3)OC(=O)N3CCC(N4Cc5ccsc5NC4=O)CC3)CC2)CC1. The van der Waals surface area contributed by atoms with Gasteiger partial charge in [-0.05, 0) is 75.0 Å². The molecule has 51 heavy (non-hydrogen) atoms. The van der Waals surface area contributed by atoms with E-state index < -0.39 is 59.3 Å². The number of nitrogens with one attached hydrogen (secondary N) is 1. The fourth-order valence-corrected chi connectivity index (χ4v) is 8.21. The first kappa shape index (κ1) is 37.0. The summed E-state index contributed by atoms with van der Waals surface area (Å²) in [5, 5.41) is 5.55. The van der Waals surface area contributed by atoms with Crippen LogP contribution in [0.4, 0.5) is 46.6 Å². The Morgan fingerprint density at radius 3 is 2.08 bits per heavy atom. The zero-order chi connectivity index (χ0) is 36.7. The first-order valence-electron chi connectivity index (χ1n) is 17.0.